The molecule has 0 atom stereocenters. The van der Waals surface area contributed by atoms with E-state index in [4.69, 9.17) is 0 Å². The number of hydrogen-bond donors (Lipinski definition) is 1. The van der Waals surface area contributed by atoms with Gasteiger partial charge in [0.25, 0.3) is 0 Å². The zero-order valence-corrected chi connectivity index (χ0v) is 13.9. The van der Waals surface area contributed by atoms with Crippen LogP contribution in [0.25, 0.3) is 0 Å². The van der Waals surface area contributed by atoms with E-state index in [0.29, 0.717) is 6.44 Å². The summed E-state index contributed by atoms with van der Waals surface area (Å²) in [5, 5.41) is 3.28. The second-order valence-corrected chi connectivity index (χ2v) is 6.43. The molecule has 21 heavy (non-hydrogen) atoms. The Morgan fingerprint density at radius 3 is 2.43 bits per heavy atom. The van der Waals surface area contributed by atoms with E-state index in [1.165, 1.54) is 16.8 Å². The number of allylic oxidation sites excluding steroid dienone is 1. The average Bonchev–Trinajstić information content (AvgIpc) is 2.42. The quantitative estimate of drug-likeness (QED) is 0.588. The van der Waals surface area contributed by atoms with Crippen molar-refractivity contribution in [3.63, 3.8) is 0 Å². The standard InChI is InChI=1S/C17H27BN2O/c1-14(2)10-11-20(12-17(4,5)19-13-18-21)16-8-6-15(3)7-9-16/h6-10,19H,11-13H2,1-5H3. The van der Waals surface area contributed by atoms with Gasteiger partial charge in [-0.25, -0.2) is 0 Å². The molecule has 1 N–H and O–H groups in total. The van der Waals surface area contributed by atoms with Crippen molar-refractivity contribution in [3.05, 3.63) is 41.5 Å². The number of aryl methyl sites for hydroxylation is 1. The summed E-state index contributed by atoms with van der Waals surface area (Å²) in [6.45, 7) is 12.3. The van der Waals surface area contributed by atoms with Crippen molar-refractivity contribution < 1.29 is 4.70 Å². The van der Waals surface area contributed by atoms with Crippen molar-refractivity contribution in [3.8, 4) is 0 Å². The molecule has 1 aromatic carbocycles. The van der Waals surface area contributed by atoms with E-state index in [9.17, 15) is 4.70 Å². The van der Waals surface area contributed by atoms with Gasteiger partial charge in [-0.15, -0.1) is 0 Å². The van der Waals surface area contributed by atoms with Crippen molar-refractivity contribution >= 4 is 12.8 Å². The van der Waals surface area contributed by atoms with Gasteiger partial charge < -0.3 is 0 Å². The van der Waals surface area contributed by atoms with Crippen molar-refractivity contribution in [2.45, 2.75) is 40.2 Å². The monoisotopic (exact) mass is 286 g/mol. The minimum atomic E-state index is -0.124. The Balaban J connectivity index is 2.88. The Kier molecular flexibility index (Phi) is 6.83. The minimum absolute atomic E-state index is 0.124. The fourth-order valence-electron chi connectivity index (χ4n) is 2.16. The third kappa shape index (κ3) is 6.72. The second kappa shape index (κ2) is 8.13. The Labute approximate surface area is 129 Å². The summed E-state index contributed by atoms with van der Waals surface area (Å²) in [5.41, 5.74) is 3.66. The van der Waals surface area contributed by atoms with Crippen molar-refractivity contribution in [2.24, 2.45) is 0 Å². The molecule has 0 amide bonds. The molecular weight excluding hydrogens is 259 g/mol. The zero-order chi connectivity index (χ0) is 15.9. The van der Waals surface area contributed by atoms with Gasteiger partial charge in [0.2, 0.25) is 0 Å². The predicted octanol–water partition coefficient (Wildman–Crippen LogP) is 3.14. The molecule has 0 radical (unpaired) electrons. The van der Waals surface area contributed by atoms with Crippen LogP contribution in [0.1, 0.15) is 33.3 Å². The van der Waals surface area contributed by atoms with Crippen molar-refractivity contribution in [1.82, 2.24) is 5.32 Å². The molecule has 0 aliphatic rings. The molecule has 1 aromatic rings. The number of benzene rings is 1. The Hall–Kier alpha value is -1.42. The first-order chi connectivity index (χ1) is 9.84. The third-order valence-electron chi connectivity index (χ3n) is 3.37. The van der Waals surface area contributed by atoms with Gasteiger partial charge in [-0.1, -0.05) is 0 Å². The van der Waals surface area contributed by atoms with E-state index in [0.717, 1.165) is 20.2 Å². The summed E-state index contributed by atoms with van der Waals surface area (Å²) >= 11 is 0. The first-order valence-electron chi connectivity index (χ1n) is 7.48. The van der Waals surface area contributed by atoms with Gasteiger partial charge in [0.15, 0.2) is 0 Å². The van der Waals surface area contributed by atoms with Crippen molar-refractivity contribution in [2.75, 3.05) is 24.4 Å². The molecule has 0 aliphatic carbocycles. The SMILES string of the molecule is CC(C)=CCN(CC(C)(C)NCB=O)c1ccc(C)cc1. The average molecular weight is 286 g/mol. The second-order valence-electron chi connectivity index (χ2n) is 6.43. The van der Waals surface area contributed by atoms with Gasteiger partial charge in [0.05, 0.1) is 0 Å². The molecule has 0 aromatic heterocycles. The van der Waals surface area contributed by atoms with Crippen LogP contribution in [0.3, 0.4) is 0 Å². The van der Waals surface area contributed by atoms with E-state index in [1.807, 2.05) is 0 Å². The predicted molar refractivity (Wildman–Crippen MR) is 91.3 cm³/mol. The molecule has 0 bridgehead atoms. The molecule has 0 heterocycles. The van der Waals surface area contributed by atoms with E-state index in [2.05, 4.69) is 75.2 Å². The maximum absolute atomic E-state index is 10.6. The number of nitrogens with one attached hydrogen (secondary N) is 1. The summed E-state index contributed by atoms with van der Waals surface area (Å²) in [4.78, 5) is 2.34. The fourth-order valence-corrected chi connectivity index (χ4v) is 2.16. The number of nitrogens with zero attached hydrogens (tertiary/aromatic N) is 1. The maximum atomic E-state index is 10.6. The van der Waals surface area contributed by atoms with Crippen LogP contribution in [-0.4, -0.2) is 32.2 Å². The van der Waals surface area contributed by atoms with Crippen LogP contribution in [0.4, 0.5) is 5.69 Å². The first kappa shape index (κ1) is 17.6. The molecule has 0 aliphatic heterocycles. The van der Waals surface area contributed by atoms with Gasteiger partial charge in [-0.2, -0.15) is 0 Å². The first-order valence-corrected chi connectivity index (χ1v) is 7.48. The fraction of sp³-hybridized carbons (Fsp3) is 0.529. The topological polar surface area (TPSA) is 32.3 Å². The van der Waals surface area contributed by atoms with Crippen LogP contribution in [0.2, 0.25) is 0 Å². The van der Waals surface area contributed by atoms with Crippen LogP contribution in [0.5, 0.6) is 0 Å². The van der Waals surface area contributed by atoms with Gasteiger partial charge >= 0.3 is 129 Å². The van der Waals surface area contributed by atoms with Gasteiger partial charge in [-0.05, 0) is 0 Å². The molecule has 0 fully saturated rings. The van der Waals surface area contributed by atoms with E-state index in [-0.39, 0.29) is 5.54 Å². The van der Waals surface area contributed by atoms with Crippen LogP contribution in [0.15, 0.2) is 35.9 Å². The summed E-state index contributed by atoms with van der Waals surface area (Å²) < 4.78 is 10.6. The van der Waals surface area contributed by atoms with Gasteiger partial charge in [0, 0.05) is 0 Å². The molecule has 1 rings (SSSR count). The normalized spacial score (nSPS) is 10.9. The van der Waals surface area contributed by atoms with Crippen LogP contribution in [-0.2, 0) is 4.70 Å². The number of anilines is 1. The Morgan fingerprint density at radius 1 is 1.29 bits per heavy atom. The van der Waals surface area contributed by atoms with E-state index >= 15 is 0 Å². The molecule has 4 heteroatoms. The van der Waals surface area contributed by atoms with E-state index < -0.39 is 0 Å². The Bertz CT molecular complexity index is 476. The zero-order valence-electron chi connectivity index (χ0n) is 13.9. The van der Waals surface area contributed by atoms with Crippen LogP contribution >= 0.6 is 0 Å². The van der Waals surface area contributed by atoms with Crippen LogP contribution < -0.4 is 10.2 Å². The molecule has 0 spiro atoms. The molecule has 0 saturated carbocycles. The molecule has 0 saturated heterocycles. The number of hydrogen-bond acceptors (Lipinski definition) is 3. The summed E-state index contributed by atoms with van der Waals surface area (Å²) in [7, 11) is 0.911. The van der Waals surface area contributed by atoms with Crippen molar-refractivity contribution in [1.29, 1.82) is 0 Å². The number of rotatable bonds is 8. The Morgan fingerprint density at radius 2 is 1.90 bits per heavy atom. The third-order valence-corrected chi connectivity index (χ3v) is 3.37. The molecular formula is C17H27BN2O. The summed E-state index contributed by atoms with van der Waals surface area (Å²) in [6.07, 6.45) is 2.62. The summed E-state index contributed by atoms with van der Waals surface area (Å²) in [5.74, 6) is 0. The van der Waals surface area contributed by atoms with Gasteiger partial charge in [0.1, 0.15) is 0 Å². The summed E-state index contributed by atoms with van der Waals surface area (Å²) in [6, 6.07) is 8.58. The van der Waals surface area contributed by atoms with Gasteiger partial charge in [-0.3, -0.25) is 0 Å². The molecule has 3 nitrogen and oxygen atoms in total. The van der Waals surface area contributed by atoms with E-state index in [1.54, 1.807) is 0 Å². The molecule has 0 unspecified atom stereocenters. The molecule has 114 valence electrons. The van der Waals surface area contributed by atoms with Crippen LogP contribution in [0, 0.1) is 6.92 Å².